The van der Waals surface area contributed by atoms with Gasteiger partial charge >= 0.3 is 0 Å². The zero-order valence-corrected chi connectivity index (χ0v) is 27.9. The molecule has 4 nitrogen and oxygen atoms in total. The number of ether oxygens (including phenoxy) is 2. The first-order chi connectivity index (χ1) is 20.5. The van der Waals surface area contributed by atoms with Crippen molar-refractivity contribution in [3.05, 3.63) is 120 Å². The van der Waals surface area contributed by atoms with Crippen molar-refractivity contribution in [3.63, 3.8) is 0 Å². The Morgan fingerprint density at radius 2 is 1.47 bits per heavy atom. The summed E-state index contributed by atoms with van der Waals surface area (Å²) in [5.41, 5.74) is 2.14. The van der Waals surface area contributed by atoms with Crippen molar-refractivity contribution in [1.82, 2.24) is 0 Å². The zero-order valence-electron chi connectivity index (χ0n) is 26.9. The first-order valence-electron chi connectivity index (χ1n) is 15.6. The van der Waals surface area contributed by atoms with Crippen molar-refractivity contribution in [3.8, 4) is 0 Å². The van der Waals surface area contributed by atoms with Gasteiger partial charge in [0.2, 0.25) is 0 Å². The number of allylic oxidation sites excluding steroid dienone is 2. The third-order valence-corrected chi connectivity index (χ3v) is 13.6. The van der Waals surface area contributed by atoms with Crippen LogP contribution in [-0.2, 0) is 13.9 Å². The van der Waals surface area contributed by atoms with Gasteiger partial charge in [0.1, 0.15) is 0 Å². The molecule has 1 N–H and O–H groups in total. The molecule has 0 amide bonds. The van der Waals surface area contributed by atoms with Crippen LogP contribution in [0.1, 0.15) is 60.3 Å². The molecule has 0 spiro atoms. The Labute approximate surface area is 260 Å². The predicted octanol–water partition coefficient (Wildman–Crippen LogP) is 7.45. The molecule has 0 unspecified atom stereocenters. The Morgan fingerprint density at radius 3 is 2.00 bits per heavy atom. The van der Waals surface area contributed by atoms with Crippen LogP contribution in [0.4, 0.5) is 0 Å². The highest BCUT2D eigenvalue weighted by atomic mass is 28.4. The average Bonchev–Trinajstić information content (AvgIpc) is 3.01. The second-order valence-electron chi connectivity index (χ2n) is 13.2. The van der Waals surface area contributed by atoms with E-state index in [0.29, 0.717) is 13.2 Å². The summed E-state index contributed by atoms with van der Waals surface area (Å²) in [5.74, 6) is 0.174. The largest absolute Gasteiger partial charge is 0.407 e. The molecule has 1 aliphatic rings. The number of rotatable bonds is 11. The highest BCUT2D eigenvalue weighted by Gasteiger charge is 2.50. The zero-order chi connectivity index (χ0) is 31.0. The number of aliphatic hydroxyl groups is 1. The fourth-order valence-electron chi connectivity index (χ4n) is 6.12. The summed E-state index contributed by atoms with van der Waals surface area (Å²) in [6.07, 6.45) is 5.46. The Balaban J connectivity index is 1.44. The predicted molar refractivity (Wildman–Crippen MR) is 180 cm³/mol. The van der Waals surface area contributed by atoms with E-state index in [1.54, 1.807) is 0 Å². The van der Waals surface area contributed by atoms with Crippen molar-refractivity contribution in [2.24, 2.45) is 17.8 Å². The summed E-state index contributed by atoms with van der Waals surface area (Å²) < 4.78 is 19.3. The van der Waals surface area contributed by atoms with E-state index in [9.17, 15) is 5.11 Å². The fourth-order valence-corrected chi connectivity index (χ4v) is 10.8. The monoisotopic (exact) mass is 598 g/mol. The van der Waals surface area contributed by atoms with E-state index < -0.39 is 14.4 Å². The maximum Gasteiger partial charge on any atom is 0.261 e. The summed E-state index contributed by atoms with van der Waals surface area (Å²) in [7, 11) is -2.66. The lowest BCUT2D eigenvalue weighted by atomic mass is 9.92. The molecule has 0 aliphatic carbocycles. The van der Waals surface area contributed by atoms with Gasteiger partial charge in [-0.1, -0.05) is 156 Å². The first-order valence-corrected chi connectivity index (χ1v) is 17.6. The van der Waals surface area contributed by atoms with Crippen LogP contribution in [0.3, 0.4) is 0 Å². The molecule has 1 heterocycles. The van der Waals surface area contributed by atoms with E-state index in [4.69, 9.17) is 13.9 Å². The van der Waals surface area contributed by atoms with Crippen LogP contribution in [0.25, 0.3) is 0 Å². The Morgan fingerprint density at radius 1 is 0.930 bits per heavy atom. The second-order valence-corrected chi connectivity index (χ2v) is 17.5. The molecule has 0 saturated carbocycles. The van der Waals surface area contributed by atoms with E-state index in [1.807, 2.05) is 30.3 Å². The minimum Gasteiger partial charge on any atom is -0.407 e. The summed E-state index contributed by atoms with van der Waals surface area (Å²) in [5, 5.41) is 13.8. The van der Waals surface area contributed by atoms with Crippen molar-refractivity contribution in [2.75, 3.05) is 13.2 Å². The second kappa shape index (κ2) is 14.8. The van der Waals surface area contributed by atoms with Gasteiger partial charge in [0, 0.05) is 29.9 Å². The number of aliphatic hydroxyl groups excluding tert-OH is 1. The average molecular weight is 599 g/mol. The highest BCUT2D eigenvalue weighted by molar-refractivity contribution is 6.99. The number of benzene rings is 3. The molecule has 230 valence electrons. The van der Waals surface area contributed by atoms with Crippen LogP contribution in [0.15, 0.2) is 115 Å². The minimum atomic E-state index is -2.66. The molecular formula is C38H50O4Si. The van der Waals surface area contributed by atoms with Crippen molar-refractivity contribution < 1.29 is 19.0 Å². The SMILES string of the molecule is CC(/C=C/[C@@H]1O[C@H](c2ccccc2)OC[C@H]1C)=C\[C@@H](C)[C@H](O)[C@@H](C)CO[Si](c1ccccc1)(c1ccccc1)C(C)(C)C. The van der Waals surface area contributed by atoms with Crippen molar-refractivity contribution in [2.45, 2.75) is 72.0 Å². The van der Waals surface area contributed by atoms with Gasteiger partial charge in [0.05, 0.1) is 18.8 Å². The molecule has 5 heteroatoms. The summed E-state index contributed by atoms with van der Waals surface area (Å²) >= 11 is 0. The molecule has 6 atom stereocenters. The van der Waals surface area contributed by atoms with Gasteiger partial charge < -0.3 is 19.0 Å². The first kappa shape index (κ1) is 33.1. The molecule has 1 aliphatic heterocycles. The lowest BCUT2D eigenvalue weighted by Gasteiger charge is -2.44. The van der Waals surface area contributed by atoms with Gasteiger partial charge in [-0.3, -0.25) is 0 Å². The van der Waals surface area contributed by atoms with Gasteiger partial charge in [-0.05, 0) is 22.3 Å². The topological polar surface area (TPSA) is 47.9 Å². The molecule has 3 aromatic carbocycles. The lowest BCUT2D eigenvalue weighted by molar-refractivity contribution is -0.225. The molecule has 1 fully saturated rings. The summed E-state index contributed by atoms with van der Waals surface area (Å²) in [6.45, 7) is 16.4. The Hall–Kier alpha value is -2.80. The van der Waals surface area contributed by atoms with Gasteiger partial charge in [0.25, 0.3) is 8.32 Å². The van der Waals surface area contributed by atoms with Crippen molar-refractivity contribution >= 4 is 18.7 Å². The lowest BCUT2D eigenvalue weighted by Crippen LogP contribution is -2.67. The van der Waals surface area contributed by atoms with Crippen LogP contribution >= 0.6 is 0 Å². The van der Waals surface area contributed by atoms with Gasteiger partial charge in [0.15, 0.2) is 6.29 Å². The van der Waals surface area contributed by atoms with Gasteiger partial charge in [-0.2, -0.15) is 0 Å². The Kier molecular flexibility index (Phi) is 11.4. The summed E-state index contributed by atoms with van der Waals surface area (Å²) in [4.78, 5) is 0. The molecule has 0 bridgehead atoms. The standard InChI is InChI=1S/C38H50O4Si/c1-28(23-24-35-30(3)26-40-37(42-35)32-17-11-8-12-18-32)25-29(2)36(39)31(4)27-41-43(38(5,6)7,33-19-13-9-14-20-33)34-21-15-10-16-22-34/h8-25,29-31,35-37,39H,26-27H2,1-7H3/b24-23+,28-25+/t29-,30-,31+,35+,36+,37-/m1/s1. The quantitative estimate of drug-likeness (QED) is 0.184. The van der Waals surface area contributed by atoms with Crippen LogP contribution in [0, 0.1) is 17.8 Å². The molecule has 0 radical (unpaired) electrons. The number of hydrogen-bond donors (Lipinski definition) is 1. The van der Waals surface area contributed by atoms with E-state index in [-0.39, 0.29) is 35.2 Å². The minimum absolute atomic E-state index is 0.0347. The van der Waals surface area contributed by atoms with E-state index >= 15 is 0 Å². The maximum atomic E-state index is 11.4. The van der Waals surface area contributed by atoms with Crippen molar-refractivity contribution in [1.29, 1.82) is 0 Å². The van der Waals surface area contributed by atoms with Gasteiger partial charge in [-0.25, -0.2) is 0 Å². The van der Waals surface area contributed by atoms with E-state index in [2.05, 4.69) is 127 Å². The van der Waals surface area contributed by atoms with Crippen LogP contribution in [0.5, 0.6) is 0 Å². The molecule has 0 aromatic heterocycles. The molecule has 1 saturated heterocycles. The third kappa shape index (κ3) is 8.03. The van der Waals surface area contributed by atoms with Crippen LogP contribution < -0.4 is 10.4 Å². The molecular weight excluding hydrogens is 549 g/mol. The molecule has 43 heavy (non-hydrogen) atoms. The molecule has 3 aromatic rings. The number of hydrogen-bond acceptors (Lipinski definition) is 4. The normalized spacial score (nSPS) is 22.3. The third-order valence-electron chi connectivity index (χ3n) is 8.60. The maximum absolute atomic E-state index is 11.4. The smallest absolute Gasteiger partial charge is 0.261 e. The van der Waals surface area contributed by atoms with Gasteiger partial charge in [-0.15, -0.1) is 0 Å². The van der Waals surface area contributed by atoms with E-state index in [1.165, 1.54) is 10.4 Å². The Bertz CT molecular complexity index is 1280. The highest BCUT2D eigenvalue weighted by Crippen LogP contribution is 2.37. The van der Waals surface area contributed by atoms with E-state index in [0.717, 1.165) is 11.1 Å². The fraction of sp³-hybridized carbons (Fsp3) is 0.421. The molecule has 4 rings (SSSR count). The van der Waals surface area contributed by atoms with Crippen LogP contribution in [0.2, 0.25) is 5.04 Å². The summed E-state index contributed by atoms with van der Waals surface area (Å²) in [6, 6.07) is 31.4. The van der Waals surface area contributed by atoms with Crippen LogP contribution in [-0.4, -0.2) is 38.8 Å².